The van der Waals surface area contributed by atoms with Crippen molar-refractivity contribution >= 4 is 34.1 Å². The van der Waals surface area contributed by atoms with Crippen molar-refractivity contribution in [2.24, 2.45) is 0 Å². The van der Waals surface area contributed by atoms with Gasteiger partial charge in [-0.2, -0.15) is 0 Å². The summed E-state index contributed by atoms with van der Waals surface area (Å²) in [6.07, 6.45) is 0. The predicted octanol–water partition coefficient (Wildman–Crippen LogP) is 2.99. The SMILES string of the molecule is O=c1[nH]c2ccc(Cl)cc2c(=O)n1-c1cccc(Cl)c1. The number of hydrogen-bond donors (Lipinski definition) is 1. The number of rotatable bonds is 1. The molecule has 4 nitrogen and oxygen atoms in total. The fraction of sp³-hybridized carbons (Fsp3) is 0. The fourth-order valence-electron chi connectivity index (χ4n) is 2.04. The van der Waals surface area contributed by atoms with Crippen LogP contribution in [-0.4, -0.2) is 9.55 Å². The molecule has 0 saturated heterocycles. The lowest BCUT2D eigenvalue weighted by molar-refractivity contribution is 0.901. The lowest BCUT2D eigenvalue weighted by Crippen LogP contribution is -2.33. The number of aromatic nitrogens is 2. The van der Waals surface area contributed by atoms with Crippen LogP contribution < -0.4 is 11.2 Å². The van der Waals surface area contributed by atoms with E-state index in [-0.39, 0.29) is 0 Å². The minimum Gasteiger partial charge on any atom is -0.306 e. The molecule has 1 heterocycles. The van der Waals surface area contributed by atoms with Crippen LogP contribution in [0.3, 0.4) is 0 Å². The van der Waals surface area contributed by atoms with Crippen LogP contribution in [0.1, 0.15) is 0 Å². The van der Waals surface area contributed by atoms with Gasteiger partial charge in [-0.1, -0.05) is 29.3 Å². The molecule has 0 amide bonds. The Morgan fingerprint density at radius 2 is 1.70 bits per heavy atom. The van der Waals surface area contributed by atoms with Gasteiger partial charge < -0.3 is 4.98 Å². The van der Waals surface area contributed by atoms with E-state index in [1.807, 2.05) is 0 Å². The van der Waals surface area contributed by atoms with Crippen molar-refractivity contribution in [2.45, 2.75) is 0 Å². The molecular formula is C14H8Cl2N2O2. The van der Waals surface area contributed by atoms with Gasteiger partial charge in [0.2, 0.25) is 0 Å². The Morgan fingerprint density at radius 3 is 2.45 bits per heavy atom. The number of halogens is 2. The van der Waals surface area contributed by atoms with E-state index >= 15 is 0 Å². The first-order valence-corrected chi connectivity index (χ1v) is 6.52. The highest BCUT2D eigenvalue weighted by atomic mass is 35.5. The van der Waals surface area contributed by atoms with Crippen molar-refractivity contribution in [1.82, 2.24) is 9.55 Å². The number of benzene rings is 2. The topological polar surface area (TPSA) is 54.9 Å². The van der Waals surface area contributed by atoms with Crippen molar-refractivity contribution in [3.63, 3.8) is 0 Å². The molecule has 0 spiro atoms. The minimum atomic E-state index is -0.521. The standard InChI is InChI=1S/C14H8Cl2N2O2/c15-8-2-1-3-10(6-8)18-13(19)11-7-9(16)4-5-12(11)17-14(18)20/h1-7H,(H,17,20). The smallest absolute Gasteiger partial charge is 0.306 e. The summed E-state index contributed by atoms with van der Waals surface area (Å²) < 4.78 is 1.03. The Kier molecular flexibility index (Phi) is 3.12. The van der Waals surface area contributed by atoms with Crippen LogP contribution in [0.2, 0.25) is 10.0 Å². The summed E-state index contributed by atoms with van der Waals surface area (Å²) in [5.74, 6) is 0. The first kappa shape index (κ1) is 13.0. The lowest BCUT2D eigenvalue weighted by Gasteiger charge is -2.06. The first-order valence-electron chi connectivity index (χ1n) is 5.77. The zero-order valence-corrected chi connectivity index (χ0v) is 11.6. The van der Waals surface area contributed by atoms with Crippen molar-refractivity contribution in [2.75, 3.05) is 0 Å². The van der Waals surface area contributed by atoms with Crippen LogP contribution >= 0.6 is 23.2 Å². The van der Waals surface area contributed by atoms with Crippen LogP contribution in [0, 0.1) is 0 Å². The molecule has 1 N–H and O–H groups in total. The molecule has 0 saturated carbocycles. The molecule has 1 aromatic heterocycles. The molecule has 0 aliphatic rings. The minimum absolute atomic E-state index is 0.345. The zero-order valence-electron chi connectivity index (χ0n) is 10.1. The average molecular weight is 307 g/mol. The molecule has 0 atom stereocenters. The number of fused-ring (bicyclic) bond motifs is 1. The zero-order chi connectivity index (χ0) is 14.3. The monoisotopic (exact) mass is 306 g/mol. The molecule has 0 fully saturated rings. The van der Waals surface area contributed by atoms with Crippen molar-refractivity contribution in [3.8, 4) is 5.69 Å². The summed E-state index contributed by atoms with van der Waals surface area (Å²) in [7, 11) is 0. The van der Waals surface area contributed by atoms with Gasteiger partial charge in [-0.25, -0.2) is 9.36 Å². The maximum atomic E-state index is 12.5. The number of aromatic amines is 1. The van der Waals surface area contributed by atoms with E-state index in [1.165, 1.54) is 6.07 Å². The molecule has 3 aromatic rings. The third-order valence-corrected chi connectivity index (χ3v) is 3.40. The maximum absolute atomic E-state index is 12.5. The lowest BCUT2D eigenvalue weighted by atomic mass is 10.2. The van der Waals surface area contributed by atoms with E-state index in [0.29, 0.717) is 26.6 Å². The van der Waals surface area contributed by atoms with Crippen molar-refractivity contribution in [3.05, 3.63) is 73.3 Å². The third kappa shape index (κ3) is 2.13. The first-order chi connectivity index (χ1) is 9.56. The van der Waals surface area contributed by atoms with E-state index in [0.717, 1.165) is 4.57 Å². The highest BCUT2D eigenvalue weighted by Crippen LogP contribution is 2.15. The normalized spacial score (nSPS) is 10.9. The molecule has 3 rings (SSSR count). The van der Waals surface area contributed by atoms with Crippen LogP contribution in [0.4, 0.5) is 0 Å². The van der Waals surface area contributed by atoms with Crippen LogP contribution in [-0.2, 0) is 0 Å². The highest BCUT2D eigenvalue weighted by molar-refractivity contribution is 6.31. The van der Waals surface area contributed by atoms with E-state index in [9.17, 15) is 9.59 Å². The number of H-pyrrole nitrogens is 1. The van der Waals surface area contributed by atoms with Gasteiger partial charge in [-0.3, -0.25) is 4.79 Å². The summed E-state index contributed by atoms with van der Waals surface area (Å²) in [4.78, 5) is 27.2. The van der Waals surface area contributed by atoms with Crippen molar-refractivity contribution < 1.29 is 0 Å². The van der Waals surface area contributed by atoms with E-state index < -0.39 is 11.2 Å². The highest BCUT2D eigenvalue weighted by Gasteiger charge is 2.10. The fourth-order valence-corrected chi connectivity index (χ4v) is 2.39. The molecule has 20 heavy (non-hydrogen) atoms. The Balaban J connectivity index is 2.42. The Labute approximate surface area is 123 Å². The second kappa shape index (κ2) is 4.81. The molecule has 0 bridgehead atoms. The van der Waals surface area contributed by atoms with Gasteiger partial charge in [0.25, 0.3) is 5.56 Å². The van der Waals surface area contributed by atoms with E-state index in [1.54, 1.807) is 36.4 Å². The van der Waals surface area contributed by atoms with Gasteiger partial charge in [0.05, 0.1) is 16.6 Å². The third-order valence-electron chi connectivity index (χ3n) is 2.93. The van der Waals surface area contributed by atoms with Gasteiger partial charge in [0, 0.05) is 10.0 Å². The quantitative estimate of drug-likeness (QED) is 0.751. The molecule has 6 heteroatoms. The summed E-state index contributed by atoms with van der Waals surface area (Å²) in [6.45, 7) is 0. The van der Waals surface area contributed by atoms with Crippen molar-refractivity contribution in [1.29, 1.82) is 0 Å². The molecule has 100 valence electrons. The predicted molar refractivity (Wildman–Crippen MR) is 80.2 cm³/mol. The summed E-state index contributed by atoms with van der Waals surface area (Å²) in [5.41, 5.74) is -0.103. The second-order valence-electron chi connectivity index (χ2n) is 4.24. The molecule has 0 aliphatic carbocycles. The summed E-state index contributed by atoms with van der Waals surface area (Å²) in [5, 5.41) is 1.22. The van der Waals surface area contributed by atoms with Gasteiger partial charge >= 0.3 is 5.69 Å². The van der Waals surface area contributed by atoms with Gasteiger partial charge in [-0.15, -0.1) is 0 Å². The molecule has 2 aromatic carbocycles. The molecule has 0 unspecified atom stereocenters. The molecule has 0 radical (unpaired) electrons. The number of nitrogens with zero attached hydrogens (tertiary/aromatic N) is 1. The Hall–Kier alpha value is -2.04. The number of nitrogens with one attached hydrogen (secondary N) is 1. The summed E-state index contributed by atoms with van der Waals surface area (Å²) >= 11 is 11.8. The van der Waals surface area contributed by atoms with Crippen LogP contribution in [0.25, 0.3) is 16.6 Å². The Morgan fingerprint density at radius 1 is 0.950 bits per heavy atom. The molecular weight excluding hydrogens is 299 g/mol. The maximum Gasteiger partial charge on any atom is 0.333 e. The Bertz CT molecular complexity index is 928. The summed E-state index contributed by atoms with van der Waals surface area (Å²) in [6, 6.07) is 11.3. The largest absolute Gasteiger partial charge is 0.333 e. The van der Waals surface area contributed by atoms with Gasteiger partial charge in [0.15, 0.2) is 0 Å². The number of hydrogen-bond acceptors (Lipinski definition) is 2. The van der Waals surface area contributed by atoms with Gasteiger partial charge in [0.1, 0.15) is 0 Å². The van der Waals surface area contributed by atoms with E-state index in [4.69, 9.17) is 23.2 Å². The van der Waals surface area contributed by atoms with Crippen LogP contribution in [0.15, 0.2) is 52.1 Å². The van der Waals surface area contributed by atoms with E-state index in [2.05, 4.69) is 4.98 Å². The van der Waals surface area contributed by atoms with Gasteiger partial charge in [-0.05, 0) is 36.4 Å². The molecule has 0 aliphatic heterocycles. The second-order valence-corrected chi connectivity index (χ2v) is 5.11. The average Bonchev–Trinajstić information content (AvgIpc) is 2.40. The van der Waals surface area contributed by atoms with Crippen LogP contribution in [0.5, 0.6) is 0 Å².